The molecular formula is C27H37N3O10. The summed E-state index contributed by atoms with van der Waals surface area (Å²) >= 11 is 0. The Bertz CT molecular complexity index is 1100. The van der Waals surface area contributed by atoms with Crippen molar-refractivity contribution in [2.75, 3.05) is 27.4 Å². The van der Waals surface area contributed by atoms with E-state index in [1.54, 1.807) is 14.2 Å². The lowest BCUT2D eigenvalue weighted by Crippen LogP contribution is -2.42. The number of aliphatic hydroxyl groups is 1. The Kier molecular flexibility index (Phi) is 12.7. The fraction of sp³-hybridized carbons (Fsp3) is 0.519. The van der Waals surface area contributed by atoms with Gasteiger partial charge in [-0.1, -0.05) is 13.0 Å². The van der Waals surface area contributed by atoms with Crippen LogP contribution in [0, 0.1) is 0 Å². The van der Waals surface area contributed by atoms with Crippen LogP contribution < -0.4 is 9.47 Å². The van der Waals surface area contributed by atoms with E-state index in [1.807, 2.05) is 24.5 Å². The van der Waals surface area contributed by atoms with Crippen LogP contribution in [-0.4, -0.2) is 92.3 Å². The molecule has 0 amide bonds. The number of carboxylic acid groups (broad SMARTS) is 3. The summed E-state index contributed by atoms with van der Waals surface area (Å²) < 4.78 is 16.7. The molecule has 1 atom stereocenters. The standard InChI is InChI=1S/C21H29N3O3.C6H8O7/c1-4-21-22-11-17(12-23-21)14-24(15-18-6-5-9-27-18)13-16-7-8-19(25-2)20(10-16)26-3;7-3(8)1-6(13,5(11)12)2-4(9)10/h7-8,10-12,18H,4-6,9,13-15H2,1-3H3;13H,1-2H2,(H,7,8)(H,9,10)(H,11,12). The van der Waals surface area contributed by atoms with Crippen molar-refractivity contribution in [1.29, 1.82) is 0 Å². The normalized spacial score (nSPS) is 14.8. The third kappa shape index (κ3) is 10.4. The van der Waals surface area contributed by atoms with E-state index in [0.717, 1.165) is 68.4 Å². The van der Waals surface area contributed by atoms with Gasteiger partial charge < -0.3 is 34.6 Å². The van der Waals surface area contributed by atoms with Gasteiger partial charge in [0.1, 0.15) is 5.82 Å². The number of aliphatic carboxylic acids is 3. The van der Waals surface area contributed by atoms with Crippen LogP contribution in [0.1, 0.15) is 49.6 Å². The van der Waals surface area contributed by atoms with Crippen LogP contribution in [0.15, 0.2) is 30.6 Å². The van der Waals surface area contributed by atoms with E-state index in [0.29, 0.717) is 6.10 Å². The molecule has 1 aromatic carbocycles. The van der Waals surface area contributed by atoms with E-state index in [2.05, 4.69) is 27.9 Å². The molecule has 0 aliphatic carbocycles. The van der Waals surface area contributed by atoms with Gasteiger partial charge in [0, 0.05) is 50.6 Å². The van der Waals surface area contributed by atoms with Crippen LogP contribution in [-0.2, 0) is 38.6 Å². The number of carbonyl (C=O) groups is 3. The smallest absolute Gasteiger partial charge is 0.336 e. The first-order valence-electron chi connectivity index (χ1n) is 12.7. The van der Waals surface area contributed by atoms with E-state index in [4.69, 9.17) is 34.6 Å². The van der Waals surface area contributed by atoms with Gasteiger partial charge in [-0.25, -0.2) is 14.8 Å². The molecule has 0 bridgehead atoms. The average molecular weight is 564 g/mol. The van der Waals surface area contributed by atoms with Gasteiger partial charge in [-0.2, -0.15) is 0 Å². The molecule has 13 nitrogen and oxygen atoms in total. The zero-order valence-electron chi connectivity index (χ0n) is 22.9. The summed E-state index contributed by atoms with van der Waals surface area (Å²) in [6, 6.07) is 6.08. The van der Waals surface area contributed by atoms with Crippen LogP contribution >= 0.6 is 0 Å². The maximum Gasteiger partial charge on any atom is 0.336 e. The lowest BCUT2D eigenvalue weighted by Gasteiger charge is -2.25. The number of methoxy groups -OCH3 is 2. The Morgan fingerprint density at radius 3 is 2.08 bits per heavy atom. The predicted molar refractivity (Wildman–Crippen MR) is 141 cm³/mol. The van der Waals surface area contributed by atoms with Crippen molar-refractivity contribution in [2.45, 2.75) is 63.8 Å². The van der Waals surface area contributed by atoms with Crippen molar-refractivity contribution in [3.63, 3.8) is 0 Å². The Hall–Kier alpha value is -3.81. The molecule has 40 heavy (non-hydrogen) atoms. The predicted octanol–water partition coefficient (Wildman–Crippen LogP) is 1.99. The van der Waals surface area contributed by atoms with E-state index in [1.165, 1.54) is 5.56 Å². The molecule has 2 heterocycles. The van der Waals surface area contributed by atoms with Gasteiger partial charge in [0.05, 0.1) is 33.2 Å². The fourth-order valence-electron chi connectivity index (χ4n) is 4.12. The van der Waals surface area contributed by atoms with Crippen molar-refractivity contribution in [1.82, 2.24) is 14.9 Å². The van der Waals surface area contributed by atoms with E-state index >= 15 is 0 Å². The lowest BCUT2D eigenvalue weighted by molar-refractivity contribution is -0.170. The molecule has 1 aromatic heterocycles. The highest BCUT2D eigenvalue weighted by Gasteiger charge is 2.40. The summed E-state index contributed by atoms with van der Waals surface area (Å²) in [7, 11) is 3.32. The van der Waals surface area contributed by atoms with Gasteiger partial charge in [-0.3, -0.25) is 14.5 Å². The molecule has 1 saturated heterocycles. The van der Waals surface area contributed by atoms with E-state index in [-0.39, 0.29) is 0 Å². The Morgan fingerprint density at radius 2 is 1.60 bits per heavy atom. The highest BCUT2D eigenvalue weighted by Crippen LogP contribution is 2.28. The van der Waals surface area contributed by atoms with Crippen molar-refractivity contribution in [3.05, 3.63) is 47.5 Å². The second kappa shape index (κ2) is 15.7. The van der Waals surface area contributed by atoms with Crippen LogP contribution in [0.4, 0.5) is 0 Å². The highest BCUT2D eigenvalue weighted by molar-refractivity contribution is 5.88. The molecule has 2 aromatic rings. The number of benzene rings is 1. The first kappa shape index (κ1) is 32.4. The maximum absolute atomic E-state index is 10.3. The van der Waals surface area contributed by atoms with E-state index in [9.17, 15) is 14.4 Å². The Labute approximate surface area is 232 Å². The van der Waals surface area contributed by atoms with E-state index < -0.39 is 36.4 Å². The highest BCUT2D eigenvalue weighted by atomic mass is 16.5. The number of hydrogen-bond donors (Lipinski definition) is 4. The van der Waals surface area contributed by atoms with Crippen LogP contribution in [0.3, 0.4) is 0 Å². The zero-order valence-corrected chi connectivity index (χ0v) is 22.9. The lowest BCUT2D eigenvalue weighted by atomic mass is 9.96. The fourth-order valence-corrected chi connectivity index (χ4v) is 4.12. The second-order valence-corrected chi connectivity index (χ2v) is 9.33. The zero-order chi connectivity index (χ0) is 29.7. The van der Waals surface area contributed by atoms with Gasteiger partial charge in [0.15, 0.2) is 17.1 Å². The molecule has 220 valence electrons. The van der Waals surface area contributed by atoms with Crippen LogP contribution in [0.25, 0.3) is 0 Å². The van der Waals surface area contributed by atoms with Gasteiger partial charge in [-0.15, -0.1) is 0 Å². The summed E-state index contributed by atoms with van der Waals surface area (Å²) in [4.78, 5) is 41.7. The van der Waals surface area contributed by atoms with Gasteiger partial charge in [-0.05, 0) is 30.5 Å². The summed E-state index contributed by atoms with van der Waals surface area (Å²) in [6.07, 6.45) is 4.98. The van der Waals surface area contributed by atoms with Crippen molar-refractivity contribution < 1.29 is 49.0 Å². The number of ether oxygens (including phenoxy) is 3. The monoisotopic (exact) mass is 563 g/mol. The number of carboxylic acids is 3. The van der Waals surface area contributed by atoms with Crippen LogP contribution in [0.5, 0.6) is 11.5 Å². The molecule has 0 radical (unpaired) electrons. The largest absolute Gasteiger partial charge is 0.493 e. The van der Waals surface area contributed by atoms with Crippen molar-refractivity contribution in [3.8, 4) is 11.5 Å². The molecule has 1 aliphatic rings. The van der Waals surface area contributed by atoms with Crippen molar-refractivity contribution >= 4 is 17.9 Å². The first-order chi connectivity index (χ1) is 19.0. The minimum atomic E-state index is -2.74. The molecule has 1 fully saturated rings. The summed E-state index contributed by atoms with van der Waals surface area (Å²) in [6.45, 7) is 5.41. The third-order valence-electron chi connectivity index (χ3n) is 6.11. The second-order valence-electron chi connectivity index (χ2n) is 9.33. The molecule has 3 rings (SSSR count). The summed E-state index contributed by atoms with van der Waals surface area (Å²) in [5.41, 5.74) is -0.445. The molecular weight excluding hydrogens is 526 g/mol. The van der Waals surface area contributed by atoms with Gasteiger partial charge in [0.25, 0.3) is 0 Å². The van der Waals surface area contributed by atoms with Gasteiger partial charge >= 0.3 is 17.9 Å². The topological polar surface area (TPSA) is 189 Å². The van der Waals surface area contributed by atoms with Crippen LogP contribution in [0.2, 0.25) is 0 Å². The average Bonchev–Trinajstić information content (AvgIpc) is 3.41. The molecule has 0 saturated carbocycles. The molecule has 1 unspecified atom stereocenters. The quantitative estimate of drug-likeness (QED) is 0.261. The molecule has 13 heteroatoms. The number of aromatic nitrogens is 2. The SMILES string of the molecule is CCc1ncc(CN(Cc2ccc(OC)c(OC)c2)CC2CCCO2)cn1.O=C(O)CC(O)(CC(=O)O)C(=O)O. The Balaban J connectivity index is 0.000000366. The molecule has 1 aliphatic heterocycles. The third-order valence-corrected chi connectivity index (χ3v) is 6.11. The number of rotatable bonds is 14. The molecule has 0 spiro atoms. The molecule has 4 N–H and O–H groups in total. The minimum Gasteiger partial charge on any atom is -0.493 e. The first-order valence-corrected chi connectivity index (χ1v) is 12.7. The minimum absolute atomic E-state index is 0.293. The van der Waals surface area contributed by atoms with Crippen molar-refractivity contribution in [2.24, 2.45) is 0 Å². The van der Waals surface area contributed by atoms with Gasteiger partial charge in [0.2, 0.25) is 0 Å². The maximum atomic E-state index is 10.3. The number of aryl methyl sites for hydroxylation is 1. The number of hydrogen-bond acceptors (Lipinski definition) is 10. The summed E-state index contributed by atoms with van der Waals surface area (Å²) in [5.74, 6) is -2.64. The Morgan fingerprint density at radius 1 is 1.00 bits per heavy atom. The summed E-state index contributed by atoms with van der Waals surface area (Å²) in [5, 5.41) is 33.8. The number of nitrogens with zero attached hydrogens (tertiary/aromatic N) is 3.